The highest BCUT2D eigenvalue weighted by Crippen LogP contribution is 1.93. The van der Waals surface area contributed by atoms with Crippen molar-refractivity contribution < 1.29 is 4.79 Å². The second-order valence-electron chi connectivity index (χ2n) is 4.60. The van der Waals surface area contributed by atoms with Gasteiger partial charge in [-0.15, -0.1) is 0 Å². The molecule has 1 atom stereocenters. The average Bonchev–Trinajstić information content (AvgIpc) is 2.92. The Bertz CT molecular complexity index is 512. The maximum atomic E-state index is 11.7. The molecular weight excluding hydrogens is 254 g/mol. The molecule has 2 rings (SSSR count). The number of aromatic nitrogens is 3. The molecule has 106 valence electrons. The first-order valence-corrected chi connectivity index (χ1v) is 6.66. The highest BCUT2D eigenvalue weighted by Gasteiger charge is 2.07. The lowest BCUT2D eigenvalue weighted by atomic mass is 10.3. The van der Waals surface area contributed by atoms with E-state index in [1.807, 2.05) is 37.4 Å². The summed E-state index contributed by atoms with van der Waals surface area (Å²) in [6, 6.07) is 7.47. The van der Waals surface area contributed by atoms with Crippen LogP contribution in [0.25, 0.3) is 0 Å². The molecule has 2 amide bonds. The van der Waals surface area contributed by atoms with Crippen molar-refractivity contribution in [1.82, 2.24) is 25.4 Å². The largest absolute Gasteiger partial charge is 0.338 e. The van der Waals surface area contributed by atoms with E-state index in [1.54, 1.807) is 17.1 Å². The van der Waals surface area contributed by atoms with Crippen LogP contribution in [-0.2, 0) is 13.0 Å². The summed E-state index contributed by atoms with van der Waals surface area (Å²) in [5.74, 6) is 0. The maximum absolute atomic E-state index is 11.7. The Balaban J connectivity index is 1.65. The molecule has 0 radical (unpaired) electrons. The molecule has 2 aromatic heterocycles. The van der Waals surface area contributed by atoms with Crippen molar-refractivity contribution in [3.05, 3.63) is 48.5 Å². The Morgan fingerprint density at radius 1 is 1.35 bits per heavy atom. The third-order valence-corrected chi connectivity index (χ3v) is 2.79. The summed E-state index contributed by atoms with van der Waals surface area (Å²) in [5.41, 5.74) is 0.970. The zero-order valence-electron chi connectivity index (χ0n) is 11.5. The van der Waals surface area contributed by atoms with Crippen molar-refractivity contribution in [2.45, 2.75) is 25.9 Å². The lowest BCUT2D eigenvalue weighted by Gasteiger charge is -2.14. The molecule has 0 spiro atoms. The highest BCUT2D eigenvalue weighted by molar-refractivity contribution is 5.74. The molecule has 2 N–H and O–H groups in total. The van der Waals surface area contributed by atoms with Crippen molar-refractivity contribution in [2.24, 2.45) is 0 Å². The number of urea groups is 1. The predicted molar refractivity (Wildman–Crippen MR) is 76.2 cm³/mol. The standard InChI is InChI=1S/C14H19N5O/c1-12(11-19-10-4-8-17-19)18-14(20)16-9-6-13-5-2-3-7-15-13/h2-5,7-8,10,12H,6,9,11H2,1H3,(H2,16,18,20)/t12-/m0/s1. The van der Waals surface area contributed by atoms with Crippen LogP contribution in [0.15, 0.2) is 42.9 Å². The Morgan fingerprint density at radius 2 is 2.25 bits per heavy atom. The average molecular weight is 273 g/mol. The van der Waals surface area contributed by atoms with Gasteiger partial charge in [-0.3, -0.25) is 9.67 Å². The molecule has 0 saturated carbocycles. The lowest BCUT2D eigenvalue weighted by Crippen LogP contribution is -2.43. The van der Waals surface area contributed by atoms with E-state index in [0.29, 0.717) is 13.1 Å². The van der Waals surface area contributed by atoms with Crippen LogP contribution < -0.4 is 10.6 Å². The first kappa shape index (κ1) is 14.0. The van der Waals surface area contributed by atoms with Crippen molar-refractivity contribution in [3.8, 4) is 0 Å². The van der Waals surface area contributed by atoms with Crippen LogP contribution >= 0.6 is 0 Å². The van der Waals surface area contributed by atoms with Gasteiger partial charge in [-0.2, -0.15) is 5.10 Å². The fourth-order valence-corrected chi connectivity index (χ4v) is 1.86. The molecule has 6 heteroatoms. The predicted octanol–water partition coefficient (Wildman–Crippen LogP) is 1.21. The smallest absolute Gasteiger partial charge is 0.315 e. The molecule has 0 saturated heterocycles. The van der Waals surface area contributed by atoms with Gasteiger partial charge in [-0.1, -0.05) is 6.07 Å². The molecule has 0 aromatic carbocycles. The van der Waals surface area contributed by atoms with Gasteiger partial charge < -0.3 is 10.6 Å². The van der Waals surface area contributed by atoms with Gasteiger partial charge >= 0.3 is 6.03 Å². The molecule has 0 aliphatic rings. The lowest BCUT2D eigenvalue weighted by molar-refractivity contribution is 0.236. The van der Waals surface area contributed by atoms with E-state index in [2.05, 4.69) is 20.7 Å². The number of pyridine rings is 1. The number of carbonyl (C=O) groups excluding carboxylic acids is 1. The van der Waals surface area contributed by atoms with E-state index in [0.717, 1.165) is 12.1 Å². The molecule has 2 aromatic rings. The topological polar surface area (TPSA) is 71.8 Å². The van der Waals surface area contributed by atoms with Gasteiger partial charge in [0.1, 0.15) is 0 Å². The quantitative estimate of drug-likeness (QED) is 0.831. The first-order valence-electron chi connectivity index (χ1n) is 6.66. The van der Waals surface area contributed by atoms with Gasteiger partial charge in [-0.25, -0.2) is 4.79 Å². The van der Waals surface area contributed by atoms with Crippen molar-refractivity contribution in [2.75, 3.05) is 6.54 Å². The number of nitrogens with zero attached hydrogens (tertiary/aromatic N) is 3. The summed E-state index contributed by atoms with van der Waals surface area (Å²) in [5, 5.41) is 9.80. The molecule has 0 unspecified atom stereocenters. The minimum absolute atomic E-state index is 0.0183. The Labute approximate surface area is 118 Å². The van der Waals surface area contributed by atoms with Crippen molar-refractivity contribution >= 4 is 6.03 Å². The Morgan fingerprint density at radius 3 is 2.95 bits per heavy atom. The summed E-state index contributed by atoms with van der Waals surface area (Å²) in [6.07, 6.45) is 6.07. The fourth-order valence-electron chi connectivity index (χ4n) is 1.86. The van der Waals surface area contributed by atoms with E-state index < -0.39 is 0 Å². The second-order valence-corrected chi connectivity index (χ2v) is 4.60. The summed E-state index contributed by atoms with van der Waals surface area (Å²) >= 11 is 0. The zero-order valence-corrected chi connectivity index (χ0v) is 11.5. The van der Waals surface area contributed by atoms with E-state index >= 15 is 0 Å². The summed E-state index contributed by atoms with van der Waals surface area (Å²) in [6.45, 7) is 3.16. The molecule has 6 nitrogen and oxygen atoms in total. The maximum Gasteiger partial charge on any atom is 0.315 e. The van der Waals surface area contributed by atoms with Crippen LogP contribution in [0.1, 0.15) is 12.6 Å². The molecule has 20 heavy (non-hydrogen) atoms. The third kappa shape index (κ3) is 4.72. The number of amides is 2. The monoisotopic (exact) mass is 273 g/mol. The molecular formula is C14H19N5O. The summed E-state index contributed by atoms with van der Waals surface area (Å²) in [7, 11) is 0. The number of rotatable bonds is 6. The van der Waals surface area contributed by atoms with Gasteiger partial charge in [0.15, 0.2) is 0 Å². The van der Waals surface area contributed by atoms with Crippen molar-refractivity contribution in [1.29, 1.82) is 0 Å². The van der Waals surface area contributed by atoms with E-state index in [1.165, 1.54) is 0 Å². The van der Waals surface area contributed by atoms with Gasteiger partial charge in [-0.05, 0) is 25.1 Å². The molecule has 0 aliphatic heterocycles. The number of carbonyl (C=O) groups is 1. The van der Waals surface area contributed by atoms with E-state index in [4.69, 9.17) is 0 Å². The molecule has 0 bridgehead atoms. The number of hydrogen-bond donors (Lipinski definition) is 2. The Kier molecular flexibility index (Phi) is 5.11. The van der Waals surface area contributed by atoms with Gasteiger partial charge in [0, 0.05) is 43.3 Å². The number of nitrogens with one attached hydrogen (secondary N) is 2. The minimum Gasteiger partial charge on any atom is -0.338 e. The molecule has 0 aliphatic carbocycles. The fraction of sp³-hybridized carbons (Fsp3) is 0.357. The minimum atomic E-state index is -0.166. The third-order valence-electron chi connectivity index (χ3n) is 2.79. The number of hydrogen-bond acceptors (Lipinski definition) is 3. The van der Waals surface area contributed by atoms with Crippen LogP contribution in [0, 0.1) is 0 Å². The van der Waals surface area contributed by atoms with E-state index in [9.17, 15) is 4.79 Å². The van der Waals surface area contributed by atoms with Gasteiger partial charge in [0.05, 0.1) is 6.54 Å². The Hall–Kier alpha value is -2.37. The van der Waals surface area contributed by atoms with E-state index in [-0.39, 0.29) is 12.1 Å². The SMILES string of the molecule is C[C@@H](Cn1cccn1)NC(=O)NCCc1ccccn1. The van der Waals surface area contributed by atoms with Crippen LogP contribution in [0.5, 0.6) is 0 Å². The van der Waals surface area contributed by atoms with Crippen LogP contribution in [-0.4, -0.2) is 33.4 Å². The van der Waals surface area contributed by atoms with Gasteiger partial charge in [0.25, 0.3) is 0 Å². The summed E-state index contributed by atoms with van der Waals surface area (Å²) in [4.78, 5) is 15.9. The molecule has 0 fully saturated rings. The van der Waals surface area contributed by atoms with Crippen LogP contribution in [0.2, 0.25) is 0 Å². The second kappa shape index (κ2) is 7.28. The van der Waals surface area contributed by atoms with Crippen LogP contribution in [0.4, 0.5) is 4.79 Å². The van der Waals surface area contributed by atoms with Crippen molar-refractivity contribution in [3.63, 3.8) is 0 Å². The highest BCUT2D eigenvalue weighted by atomic mass is 16.2. The summed E-state index contributed by atoms with van der Waals surface area (Å²) < 4.78 is 1.79. The van der Waals surface area contributed by atoms with Crippen LogP contribution in [0.3, 0.4) is 0 Å². The normalized spacial score (nSPS) is 11.8. The first-order chi connectivity index (χ1) is 9.74. The zero-order chi connectivity index (χ0) is 14.2. The van der Waals surface area contributed by atoms with Gasteiger partial charge in [0.2, 0.25) is 0 Å². The molecule has 2 heterocycles.